The van der Waals surface area contributed by atoms with Gasteiger partial charge in [-0.2, -0.15) is 0 Å². The van der Waals surface area contributed by atoms with Gasteiger partial charge in [-0.25, -0.2) is 9.37 Å². The number of methoxy groups -OCH3 is 1. The highest BCUT2D eigenvalue weighted by Gasteiger charge is 2.09. The van der Waals surface area contributed by atoms with Gasteiger partial charge in [0.2, 0.25) is 5.91 Å². The van der Waals surface area contributed by atoms with Crippen molar-refractivity contribution in [3.63, 3.8) is 0 Å². The Morgan fingerprint density at radius 3 is 2.79 bits per heavy atom. The van der Waals surface area contributed by atoms with Crippen molar-refractivity contribution in [1.29, 1.82) is 0 Å². The van der Waals surface area contributed by atoms with Crippen LogP contribution in [0.2, 0.25) is 0 Å². The average molecular weight is 379 g/mol. The van der Waals surface area contributed by atoms with Crippen LogP contribution < -0.4 is 10.1 Å². The minimum Gasteiger partial charge on any atom is -0.495 e. The van der Waals surface area contributed by atoms with Crippen molar-refractivity contribution in [2.75, 3.05) is 7.11 Å². The second-order valence-electron chi connectivity index (χ2n) is 6.47. The Morgan fingerprint density at radius 1 is 1.29 bits per heavy atom. The van der Waals surface area contributed by atoms with Crippen molar-refractivity contribution in [1.82, 2.24) is 14.9 Å². The van der Waals surface area contributed by atoms with Crippen LogP contribution in [0, 0.1) is 12.7 Å². The van der Waals surface area contributed by atoms with Crippen molar-refractivity contribution in [3.05, 3.63) is 83.7 Å². The molecule has 0 saturated heterocycles. The Morgan fingerprint density at radius 2 is 2.11 bits per heavy atom. The number of carbonyl (C=O) groups excluding carboxylic acids is 1. The zero-order chi connectivity index (χ0) is 20.1. The second kappa shape index (κ2) is 8.52. The normalized spacial score (nSPS) is 12.1. The van der Waals surface area contributed by atoms with E-state index in [-0.39, 0.29) is 17.8 Å². The number of carbonyl (C=O) groups is 1. The molecule has 144 valence electrons. The van der Waals surface area contributed by atoms with Crippen LogP contribution in [0.4, 0.5) is 4.39 Å². The lowest BCUT2D eigenvalue weighted by atomic mass is 10.1. The van der Waals surface area contributed by atoms with E-state index in [0.29, 0.717) is 11.3 Å². The number of ether oxygens (including phenoxy) is 1. The molecule has 2 aromatic carbocycles. The molecular formula is C22H22FN3O2. The van der Waals surface area contributed by atoms with E-state index >= 15 is 0 Å². The molecule has 5 nitrogen and oxygen atoms in total. The third-order valence-electron chi connectivity index (χ3n) is 4.33. The summed E-state index contributed by atoms with van der Waals surface area (Å²) in [5.41, 5.74) is 3.31. The molecule has 1 unspecified atom stereocenters. The summed E-state index contributed by atoms with van der Waals surface area (Å²) in [6, 6.07) is 11.5. The maximum absolute atomic E-state index is 13.3. The summed E-state index contributed by atoms with van der Waals surface area (Å²) in [4.78, 5) is 16.4. The van der Waals surface area contributed by atoms with Gasteiger partial charge in [0.1, 0.15) is 11.6 Å². The van der Waals surface area contributed by atoms with Crippen molar-refractivity contribution in [2.45, 2.75) is 19.9 Å². The summed E-state index contributed by atoms with van der Waals surface area (Å²) >= 11 is 0. The van der Waals surface area contributed by atoms with Gasteiger partial charge < -0.3 is 14.6 Å². The van der Waals surface area contributed by atoms with Crippen LogP contribution in [-0.2, 0) is 4.79 Å². The number of rotatable bonds is 6. The molecule has 1 aromatic heterocycles. The molecule has 6 heteroatoms. The molecule has 1 atom stereocenters. The first-order valence-corrected chi connectivity index (χ1v) is 8.89. The maximum atomic E-state index is 13.3. The number of nitrogens with one attached hydrogen (secondary N) is 1. The number of amides is 1. The Kier molecular flexibility index (Phi) is 5.89. The largest absolute Gasteiger partial charge is 0.495 e. The zero-order valence-corrected chi connectivity index (χ0v) is 16.0. The van der Waals surface area contributed by atoms with E-state index in [4.69, 9.17) is 4.74 Å². The van der Waals surface area contributed by atoms with Crippen LogP contribution in [0.25, 0.3) is 11.8 Å². The van der Waals surface area contributed by atoms with Crippen LogP contribution in [0.3, 0.4) is 0 Å². The van der Waals surface area contributed by atoms with Gasteiger partial charge in [0.15, 0.2) is 0 Å². The first-order chi connectivity index (χ1) is 13.5. The summed E-state index contributed by atoms with van der Waals surface area (Å²) in [6.45, 7) is 3.73. The number of imidazole rings is 1. The molecule has 1 N–H and O–H groups in total. The molecule has 3 aromatic rings. The molecule has 0 aliphatic heterocycles. The zero-order valence-electron chi connectivity index (χ0n) is 16.0. The minimum atomic E-state index is -0.325. The van der Waals surface area contributed by atoms with Gasteiger partial charge in [-0.1, -0.05) is 18.2 Å². The van der Waals surface area contributed by atoms with Gasteiger partial charge in [0.25, 0.3) is 0 Å². The van der Waals surface area contributed by atoms with Gasteiger partial charge in [0.05, 0.1) is 30.9 Å². The fourth-order valence-electron chi connectivity index (χ4n) is 2.86. The Labute approximate surface area is 163 Å². The summed E-state index contributed by atoms with van der Waals surface area (Å²) in [7, 11) is 1.60. The van der Waals surface area contributed by atoms with Gasteiger partial charge in [-0.05, 0) is 55.3 Å². The van der Waals surface area contributed by atoms with E-state index in [2.05, 4.69) is 10.3 Å². The Hall–Kier alpha value is -3.41. The molecule has 0 aliphatic carbocycles. The first-order valence-electron chi connectivity index (χ1n) is 8.89. The van der Waals surface area contributed by atoms with Crippen LogP contribution in [-0.4, -0.2) is 22.6 Å². The highest BCUT2D eigenvalue weighted by atomic mass is 19.1. The molecule has 0 bridgehead atoms. The lowest BCUT2D eigenvalue weighted by Crippen LogP contribution is -2.24. The lowest BCUT2D eigenvalue weighted by Gasteiger charge is -2.13. The van der Waals surface area contributed by atoms with Gasteiger partial charge in [0, 0.05) is 12.3 Å². The summed E-state index contributed by atoms with van der Waals surface area (Å²) in [5, 5.41) is 2.83. The fourth-order valence-corrected chi connectivity index (χ4v) is 2.86. The van der Waals surface area contributed by atoms with E-state index in [1.54, 1.807) is 31.6 Å². The smallest absolute Gasteiger partial charge is 0.244 e. The standard InChI is InChI=1S/C22H22FN3O2/c1-15-13-26(14-24-15)20-9-7-17(11-21(20)28-3)8-10-22(27)25-16(2)18-5-4-6-19(23)12-18/h4-14,16H,1-3H3,(H,25,27). The highest BCUT2D eigenvalue weighted by molar-refractivity contribution is 5.92. The third kappa shape index (κ3) is 4.65. The molecule has 28 heavy (non-hydrogen) atoms. The molecule has 0 fully saturated rings. The van der Waals surface area contributed by atoms with Crippen LogP contribution in [0.15, 0.2) is 61.1 Å². The Balaban J connectivity index is 1.70. The SMILES string of the molecule is COc1cc(C=CC(=O)NC(C)c2cccc(F)c2)ccc1-n1cnc(C)c1. The van der Waals surface area contributed by atoms with Gasteiger partial charge in [-0.15, -0.1) is 0 Å². The molecule has 1 heterocycles. The number of halogens is 1. The van der Waals surface area contributed by atoms with Crippen molar-refractivity contribution < 1.29 is 13.9 Å². The van der Waals surface area contributed by atoms with E-state index < -0.39 is 0 Å². The van der Waals surface area contributed by atoms with E-state index in [0.717, 1.165) is 16.9 Å². The summed E-state index contributed by atoms with van der Waals surface area (Å²) in [5.74, 6) is 0.0903. The van der Waals surface area contributed by atoms with Crippen LogP contribution in [0.5, 0.6) is 5.75 Å². The van der Waals surface area contributed by atoms with E-state index in [9.17, 15) is 9.18 Å². The topological polar surface area (TPSA) is 56.1 Å². The molecule has 0 spiro atoms. The predicted molar refractivity (Wildman–Crippen MR) is 107 cm³/mol. The summed E-state index contributed by atoms with van der Waals surface area (Å²) < 4.78 is 20.7. The van der Waals surface area contributed by atoms with Crippen LogP contribution >= 0.6 is 0 Å². The molecule has 0 radical (unpaired) electrons. The number of hydrogen-bond acceptors (Lipinski definition) is 3. The third-order valence-corrected chi connectivity index (χ3v) is 4.33. The second-order valence-corrected chi connectivity index (χ2v) is 6.47. The van der Waals surface area contributed by atoms with E-state index in [1.165, 1.54) is 18.2 Å². The fraction of sp³-hybridized carbons (Fsp3) is 0.182. The molecule has 1 amide bonds. The monoisotopic (exact) mass is 379 g/mol. The maximum Gasteiger partial charge on any atom is 0.244 e. The lowest BCUT2D eigenvalue weighted by molar-refractivity contribution is -0.117. The highest BCUT2D eigenvalue weighted by Crippen LogP contribution is 2.25. The molecule has 0 saturated carbocycles. The number of nitrogens with zero attached hydrogens (tertiary/aromatic N) is 2. The van der Waals surface area contributed by atoms with Gasteiger partial charge in [-0.3, -0.25) is 4.79 Å². The predicted octanol–water partition coefficient (Wildman–Crippen LogP) is 4.22. The van der Waals surface area contributed by atoms with Crippen molar-refractivity contribution in [3.8, 4) is 11.4 Å². The molecule has 3 rings (SSSR count). The Bertz CT molecular complexity index is 1010. The van der Waals surface area contributed by atoms with E-state index in [1.807, 2.05) is 42.8 Å². The number of hydrogen-bond donors (Lipinski definition) is 1. The molecular weight excluding hydrogens is 357 g/mol. The first kappa shape index (κ1) is 19.4. The number of aryl methyl sites for hydroxylation is 1. The number of aromatic nitrogens is 2. The van der Waals surface area contributed by atoms with Crippen molar-refractivity contribution in [2.24, 2.45) is 0 Å². The quantitative estimate of drug-likeness (QED) is 0.653. The number of benzene rings is 2. The minimum absolute atomic E-state index is 0.259. The molecule has 0 aliphatic rings. The average Bonchev–Trinajstić information content (AvgIpc) is 3.12. The summed E-state index contributed by atoms with van der Waals surface area (Å²) in [6.07, 6.45) is 6.79. The van der Waals surface area contributed by atoms with Crippen molar-refractivity contribution >= 4 is 12.0 Å². The van der Waals surface area contributed by atoms with Crippen LogP contribution in [0.1, 0.15) is 29.8 Å². The van der Waals surface area contributed by atoms with Gasteiger partial charge >= 0.3 is 0 Å².